The van der Waals surface area contributed by atoms with E-state index in [2.05, 4.69) is 6.92 Å². The van der Waals surface area contributed by atoms with E-state index in [9.17, 15) is 14.7 Å². The predicted molar refractivity (Wildman–Crippen MR) is 169 cm³/mol. The second-order valence-corrected chi connectivity index (χ2v) is 11.8. The number of hydrogen-bond acceptors (Lipinski definition) is 9. The number of aliphatic hydroxyl groups is 1. The van der Waals surface area contributed by atoms with Crippen molar-refractivity contribution in [2.75, 3.05) is 25.2 Å². The standard InChI is InChI=1S/C34H34N2O7S/c1-5-7-14-42-26-13-8-20(17-27(26)40-4)30-29(31(37)21-9-12-25-22(16-21)15-19(3)43-25)32(38)33(39)36(30)34-35-24-11-10-23(41-6-2)18-28(24)44-34/h8-13,16-19,30,37H,5-7,14-15H2,1-4H3/b31-29+/t19-,30+/m1/s1. The van der Waals surface area contributed by atoms with Gasteiger partial charge in [0.15, 0.2) is 16.6 Å². The molecule has 3 aromatic carbocycles. The van der Waals surface area contributed by atoms with E-state index < -0.39 is 17.7 Å². The third kappa shape index (κ3) is 5.34. The highest BCUT2D eigenvalue weighted by Crippen LogP contribution is 2.46. The fourth-order valence-corrected chi connectivity index (χ4v) is 6.64. The van der Waals surface area contributed by atoms with Crippen molar-refractivity contribution >= 4 is 44.1 Å². The third-order valence-corrected chi connectivity index (χ3v) is 8.76. The van der Waals surface area contributed by atoms with E-state index >= 15 is 0 Å². The fraction of sp³-hybridized carbons (Fsp3) is 0.324. The summed E-state index contributed by atoms with van der Waals surface area (Å²) >= 11 is 1.28. The molecular weight excluding hydrogens is 580 g/mol. The molecule has 3 heterocycles. The lowest BCUT2D eigenvalue weighted by Crippen LogP contribution is -2.29. The summed E-state index contributed by atoms with van der Waals surface area (Å²) in [6.45, 7) is 7.01. The first-order valence-electron chi connectivity index (χ1n) is 14.8. The number of ether oxygens (including phenoxy) is 4. The van der Waals surface area contributed by atoms with Crippen LogP contribution in [0.5, 0.6) is 23.0 Å². The topological polar surface area (TPSA) is 107 Å². The van der Waals surface area contributed by atoms with Crippen LogP contribution in [-0.2, 0) is 16.0 Å². The number of unbranched alkanes of at least 4 members (excludes halogenated alkanes) is 1. The number of nitrogens with zero attached hydrogens (tertiary/aromatic N) is 2. The highest BCUT2D eigenvalue weighted by molar-refractivity contribution is 7.22. The van der Waals surface area contributed by atoms with Crippen LogP contribution in [0.3, 0.4) is 0 Å². The zero-order valence-corrected chi connectivity index (χ0v) is 25.9. The Morgan fingerprint density at radius 3 is 2.68 bits per heavy atom. The smallest absolute Gasteiger partial charge is 0.301 e. The number of carbonyl (C=O) groups excluding carboxylic acids is 2. The molecule has 0 aliphatic carbocycles. The van der Waals surface area contributed by atoms with Crippen molar-refractivity contribution in [1.82, 2.24) is 4.98 Å². The van der Waals surface area contributed by atoms with E-state index in [0.29, 0.717) is 58.7 Å². The molecule has 0 unspecified atom stereocenters. The lowest BCUT2D eigenvalue weighted by atomic mass is 9.94. The number of Topliss-reactive ketones (excluding diaryl/α,β-unsaturated/α-hetero) is 1. The second-order valence-electron chi connectivity index (χ2n) is 10.8. The summed E-state index contributed by atoms with van der Waals surface area (Å²) in [4.78, 5) is 33.7. The maximum atomic E-state index is 13.8. The van der Waals surface area contributed by atoms with E-state index in [1.807, 2.05) is 38.1 Å². The van der Waals surface area contributed by atoms with Gasteiger partial charge in [-0.3, -0.25) is 14.5 Å². The maximum absolute atomic E-state index is 13.8. The summed E-state index contributed by atoms with van der Waals surface area (Å²) < 4.78 is 23.9. The van der Waals surface area contributed by atoms with Gasteiger partial charge in [0.1, 0.15) is 23.4 Å². The summed E-state index contributed by atoms with van der Waals surface area (Å²) in [6, 6.07) is 15.2. The number of amides is 1. The van der Waals surface area contributed by atoms with Gasteiger partial charge in [-0.15, -0.1) is 0 Å². The van der Waals surface area contributed by atoms with Crippen LogP contribution < -0.4 is 23.8 Å². The Morgan fingerprint density at radius 2 is 1.91 bits per heavy atom. The van der Waals surface area contributed by atoms with E-state index in [-0.39, 0.29) is 17.4 Å². The van der Waals surface area contributed by atoms with Crippen LogP contribution in [0.1, 0.15) is 56.3 Å². The van der Waals surface area contributed by atoms with Crippen molar-refractivity contribution in [3.8, 4) is 23.0 Å². The molecule has 0 bridgehead atoms. The number of thiazole rings is 1. The second kappa shape index (κ2) is 12.2. The van der Waals surface area contributed by atoms with E-state index in [1.54, 1.807) is 37.4 Å². The molecule has 1 saturated heterocycles. The van der Waals surface area contributed by atoms with Crippen molar-refractivity contribution in [2.45, 2.75) is 52.2 Å². The van der Waals surface area contributed by atoms with Crippen molar-refractivity contribution in [3.63, 3.8) is 0 Å². The van der Waals surface area contributed by atoms with Gasteiger partial charge in [0.05, 0.1) is 42.2 Å². The van der Waals surface area contributed by atoms with Gasteiger partial charge in [0, 0.05) is 12.0 Å². The Balaban J connectivity index is 1.50. The zero-order chi connectivity index (χ0) is 31.0. The molecule has 4 aromatic rings. The van der Waals surface area contributed by atoms with Crippen LogP contribution in [0.25, 0.3) is 16.0 Å². The van der Waals surface area contributed by atoms with Crippen molar-refractivity contribution in [3.05, 3.63) is 76.9 Å². The minimum atomic E-state index is -0.969. The average Bonchev–Trinajstić information content (AvgIpc) is 3.69. The molecule has 1 fully saturated rings. The summed E-state index contributed by atoms with van der Waals surface area (Å²) in [5.74, 6) is 0.606. The number of hydrogen-bond donors (Lipinski definition) is 1. The lowest BCUT2D eigenvalue weighted by Gasteiger charge is -2.24. The van der Waals surface area contributed by atoms with Crippen molar-refractivity contribution < 1.29 is 33.6 Å². The van der Waals surface area contributed by atoms with Gasteiger partial charge in [-0.05, 0) is 79.9 Å². The zero-order valence-electron chi connectivity index (χ0n) is 25.1. The predicted octanol–water partition coefficient (Wildman–Crippen LogP) is 6.83. The molecule has 1 aromatic heterocycles. The number of methoxy groups -OCH3 is 1. The van der Waals surface area contributed by atoms with E-state index in [4.69, 9.17) is 23.9 Å². The number of carbonyl (C=O) groups is 2. The van der Waals surface area contributed by atoms with Crippen LogP contribution >= 0.6 is 11.3 Å². The summed E-state index contributed by atoms with van der Waals surface area (Å²) in [5, 5.41) is 12.0. The molecule has 1 N–H and O–H groups in total. The SMILES string of the molecule is CCCCOc1ccc([C@H]2/C(=C(\O)c3ccc4c(c3)C[C@@H](C)O4)C(=O)C(=O)N2c2nc3ccc(OCC)cc3s2)cc1OC. The monoisotopic (exact) mass is 614 g/mol. The molecule has 0 radical (unpaired) electrons. The normalized spacial score (nSPS) is 18.9. The lowest BCUT2D eigenvalue weighted by molar-refractivity contribution is -0.132. The Bertz CT molecular complexity index is 1780. The molecule has 10 heteroatoms. The summed E-state index contributed by atoms with van der Waals surface area (Å²) in [6.07, 6.45) is 2.57. The largest absolute Gasteiger partial charge is 0.507 e. The highest BCUT2D eigenvalue weighted by Gasteiger charge is 2.48. The van der Waals surface area contributed by atoms with Gasteiger partial charge in [0.2, 0.25) is 0 Å². The molecule has 6 rings (SSSR count). The molecule has 2 aliphatic heterocycles. The van der Waals surface area contributed by atoms with Crippen LogP contribution in [0, 0.1) is 0 Å². The van der Waals surface area contributed by atoms with Crippen LogP contribution in [-0.4, -0.2) is 48.2 Å². The number of aliphatic hydroxyl groups excluding tert-OH is 1. The van der Waals surface area contributed by atoms with Crippen LogP contribution in [0.4, 0.5) is 5.13 Å². The number of aromatic nitrogens is 1. The molecule has 9 nitrogen and oxygen atoms in total. The number of fused-ring (bicyclic) bond motifs is 2. The maximum Gasteiger partial charge on any atom is 0.301 e. The van der Waals surface area contributed by atoms with Crippen molar-refractivity contribution in [2.24, 2.45) is 0 Å². The molecule has 0 saturated carbocycles. The number of rotatable bonds is 10. The Hall–Kier alpha value is -4.57. The minimum Gasteiger partial charge on any atom is -0.507 e. The quantitative estimate of drug-likeness (QED) is 0.0896. The van der Waals surface area contributed by atoms with Gasteiger partial charge in [0.25, 0.3) is 5.78 Å². The Kier molecular flexibility index (Phi) is 8.18. The Labute approximate surface area is 259 Å². The molecule has 2 aliphatic rings. The van der Waals surface area contributed by atoms with Gasteiger partial charge in [-0.1, -0.05) is 30.7 Å². The van der Waals surface area contributed by atoms with Gasteiger partial charge >= 0.3 is 5.91 Å². The van der Waals surface area contributed by atoms with Gasteiger partial charge < -0.3 is 24.1 Å². The number of anilines is 1. The molecule has 44 heavy (non-hydrogen) atoms. The first-order chi connectivity index (χ1) is 21.3. The molecule has 2 atom stereocenters. The average molecular weight is 615 g/mol. The molecular formula is C34H34N2O7S. The number of benzene rings is 3. The van der Waals surface area contributed by atoms with Gasteiger partial charge in [-0.25, -0.2) is 4.98 Å². The summed E-state index contributed by atoms with van der Waals surface area (Å²) in [7, 11) is 1.54. The molecule has 0 spiro atoms. The molecule has 1 amide bonds. The first-order valence-corrected chi connectivity index (χ1v) is 15.6. The Morgan fingerprint density at radius 1 is 1.07 bits per heavy atom. The summed E-state index contributed by atoms with van der Waals surface area (Å²) in [5.41, 5.74) is 2.57. The third-order valence-electron chi connectivity index (χ3n) is 7.74. The van der Waals surface area contributed by atoms with Crippen molar-refractivity contribution in [1.29, 1.82) is 0 Å². The first kappa shape index (κ1) is 29.5. The highest BCUT2D eigenvalue weighted by atomic mass is 32.1. The fourth-order valence-electron chi connectivity index (χ4n) is 5.62. The van der Waals surface area contributed by atoms with Crippen LogP contribution in [0.15, 0.2) is 60.2 Å². The minimum absolute atomic E-state index is 0.0146. The molecule has 228 valence electrons. The van der Waals surface area contributed by atoms with E-state index in [1.165, 1.54) is 16.2 Å². The van der Waals surface area contributed by atoms with Gasteiger partial charge in [-0.2, -0.15) is 0 Å². The van der Waals surface area contributed by atoms with E-state index in [0.717, 1.165) is 28.9 Å². The number of ketones is 1. The van der Waals surface area contributed by atoms with Crippen LogP contribution in [0.2, 0.25) is 0 Å².